The molecule has 3 heteroatoms. The predicted molar refractivity (Wildman–Crippen MR) is 61.4 cm³/mol. The summed E-state index contributed by atoms with van der Waals surface area (Å²) in [6, 6.07) is 5.70. The minimum atomic E-state index is -0.0268. The van der Waals surface area contributed by atoms with Crippen molar-refractivity contribution >= 4 is 0 Å². The second-order valence-electron chi connectivity index (χ2n) is 3.47. The normalized spacial score (nSPS) is 12.3. The van der Waals surface area contributed by atoms with E-state index in [1.807, 2.05) is 18.2 Å². The molecule has 0 saturated heterocycles. The Morgan fingerprint density at radius 3 is 2.13 bits per heavy atom. The van der Waals surface area contributed by atoms with E-state index in [4.69, 9.17) is 15.2 Å². The van der Waals surface area contributed by atoms with Gasteiger partial charge >= 0.3 is 0 Å². The molecule has 0 aromatic heterocycles. The van der Waals surface area contributed by atoms with Crippen LogP contribution in [-0.4, -0.2) is 14.2 Å². The van der Waals surface area contributed by atoms with Gasteiger partial charge in [-0.2, -0.15) is 0 Å². The van der Waals surface area contributed by atoms with Crippen LogP contribution in [0.5, 0.6) is 11.5 Å². The van der Waals surface area contributed by atoms with Crippen molar-refractivity contribution < 1.29 is 9.47 Å². The fraction of sp³-hybridized carbons (Fsp3) is 0.500. The van der Waals surface area contributed by atoms with Gasteiger partial charge in [-0.25, -0.2) is 0 Å². The minimum absolute atomic E-state index is 0.0268. The molecule has 0 aliphatic rings. The van der Waals surface area contributed by atoms with Gasteiger partial charge in [0.05, 0.1) is 19.8 Å². The highest BCUT2D eigenvalue weighted by atomic mass is 16.5. The minimum Gasteiger partial charge on any atom is -0.496 e. The van der Waals surface area contributed by atoms with Crippen molar-refractivity contribution in [2.45, 2.75) is 25.8 Å². The molecule has 0 unspecified atom stereocenters. The molecule has 0 aliphatic carbocycles. The Hall–Kier alpha value is -1.22. The molecule has 15 heavy (non-hydrogen) atoms. The first kappa shape index (κ1) is 11.9. The Labute approximate surface area is 91.2 Å². The molecule has 0 heterocycles. The molecule has 1 atom stereocenters. The summed E-state index contributed by atoms with van der Waals surface area (Å²) >= 11 is 0. The van der Waals surface area contributed by atoms with Crippen LogP contribution in [0.25, 0.3) is 0 Å². The van der Waals surface area contributed by atoms with Crippen LogP contribution in [0.15, 0.2) is 18.2 Å². The molecule has 3 nitrogen and oxygen atoms in total. The van der Waals surface area contributed by atoms with Gasteiger partial charge in [-0.05, 0) is 18.6 Å². The zero-order chi connectivity index (χ0) is 11.3. The Morgan fingerprint density at radius 2 is 1.73 bits per heavy atom. The average molecular weight is 209 g/mol. The van der Waals surface area contributed by atoms with Crippen molar-refractivity contribution in [1.29, 1.82) is 0 Å². The molecule has 1 rings (SSSR count). The summed E-state index contributed by atoms with van der Waals surface area (Å²) in [6.07, 6.45) is 1.97. The SMILES string of the molecule is CCC[C@@H](N)c1c(OC)cccc1OC. The average Bonchev–Trinajstić information content (AvgIpc) is 2.28. The first-order chi connectivity index (χ1) is 7.24. The number of hydrogen-bond donors (Lipinski definition) is 1. The zero-order valence-corrected chi connectivity index (χ0v) is 9.62. The van der Waals surface area contributed by atoms with Gasteiger partial charge in [0, 0.05) is 6.04 Å². The van der Waals surface area contributed by atoms with Crippen LogP contribution >= 0.6 is 0 Å². The van der Waals surface area contributed by atoms with Crippen molar-refractivity contribution in [2.75, 3.05) is 14.2 Å². The van der Waals surface area contributed by atoms with Crippen molar-refractivity contribution in [3.8, 4) is 11.5 Å². The molecular weight excluding hydrogens is 190 g/mol. The highest BCUT2D eigenvalue weighted by molar-refractivity contribution is 5.46. The molecule has 84 valence electrons. The second kappa shape index (κ2) is 5.61. The zero-order valence-electron chi connectivity index (χ0n) is 9.62. The third-order valence-corrected chi connectivity index (χ3v) is 2.44. The van der Waals surface area contributed by atoms with Gasteiger partial charge in [0.1, 0.15) is 11.5 Å². The van der Waals surface area contributed by atoms with Crippen LogP contribution in [0.1, 0.15) is 31.4 Å². The van der Waals surface area contributed by atoms with Crippen LogP contribution in [0, 0.1) is 0 Å². The molecule has 1 aromatic carbocycles. The summed E-state index contributed by atoms with van der Waals surface area (Å²) in [4.78, 5) is 0. The summed E-state index contributed by atoms with van der Waals surface area (Å²) < 4.78 is 10.6. The maximum Gasteiger partial charge on any atom is 0.127 e. The van der Waals surface area contributed by atoms with Gasteiger partial charge in [0.25, 0.3) is 0 Å². The third kappa shape index (κ3) is 2.63. The van der Waals surface area contributed by atoms with Gasteiger partial charge in [0.15, 0.2) is 0 Å². The molecule has 0 amide bonds. The van der Waals surface area contributed by atoms with E-state index in [9.17, 15) is 0 Å². The fourth-order valence-corrected chi connectivity index (χ4v) is 1.70. The number of nitrogens with two attached hydrogens (primary N) is 1. The number of benzene rings is 1. The van der Waals surface area contributed by atoms with Gasteiger partial charge in [0.2, 0.25) is 0 Å². The van der Waals surface area contributed by atoms with E-state index >= 15 is 0 Å². The number of methoxy groups -OCH3 is 2. The van der Waals surface area contributed by atoms with Gasteiger partial charge < -0.3 is 15.2 Å². The Morgan fingerprint density at radius 1 is 1.20 bits per heavy atom. The van der Waals surface area contributed by atoms with E-state index in [1.54, 1.807) is 14.2 Å². The van der Waals surface area contributed by atoms with E-state index < -0.39 is 0 Å². The lowest BCUT2D eigenvalue weighted by molar-refractivity contribution is 0.377. The Balaban J connectivity index is 3.09. The molecule has 0 bridgehead atoms. The van der Waals surface area contributed by atoms with Crippen LogP contribution < -0.4 is 15.2 Å². The lowest BCUT2D eigenvalue weighted by atomic mass is 10.0. The van der Waals surface area contributed by atoms with Gasteiger partial charge in [-0.1, -0.05) is 19.4 Å². The van der Waals surface area contributed by atoms with E-state index in [-0.39, 0.29) is 6.04 Å². The lowest BCUT2D eigenvalue weighted by Gasteiger charge is -2.18. The molecule has 0 aliphatic heterocycles. The van der Waals surface area contributed by atoms with E-state index in [0.29, 0.717) is 0 Å². The number of ether oxygens (including phenoxy) is 2. The van der Waals surface area contributed by atoms with Crippen molar-refractivity contribution in [1.82, 2.24) is 0 Å². The smallest absolute Gasteiger partial charge is 0.127 e. The van der Waals surface area contributed by atoms with Gasteiger partial charge in [-0.3, -0.25) is 0 Å². The first-order valence-corrected chi connectivity index (χ1v) is 5.21. The maximum atomic E-state index is 6.10. The van der Waals surface area contributed by atoms with Crippen LogP contribution in [0.2, 0.25) is 0 Å². The summed E-state index contributed by atoms with van der Waals surface area (Å²) in [5.41, 5.74) is 7.06. The standard InChI is InChI=1S/C12H19NO2/c1-4-6-9(13)12-10(14-2)7-5-8-11(12)15-3/h5,7-9H,4,6,13H2,1-3H3/t9-/m1/s1. The molecule has 0 fully saturated rings. The van der Waals surface area contributed by atoms with Crippen molar-refractivity contribution in [2.24, 2.45) is 5.73 Å². The second-order valence-corrected chi connectivity index (χ2v) is 3.47. The van der Waals surface area contributed by atoms with E-state index in [0.717, 1.165) is 29.9 Å². The third-order valence-electron chi connectivity index (χ3n) is 2.44. The van der Waals surface area contributed by atoms with Crippen LogP contribution in [0.3, 0.4) is 0 Å². The fourth-order valence-electron chi connectivity index (χ4n) is 1.70. The van der Waals surface area contributed by atoms with Crippen LogP contribution in [-0.2, 0) is 0 Å². The molecule has 0 saturated carbocycles. The maximum absolute atomic E-state index is 6.10. The Bertz CT molecular complexity index is 290. The topological polar surface area (TPSA) is 44.5 Å². The summed E-state index contributed by atoms with van der Waals surface area (Å²) in [5.74, 6) is 1.60. The van der Waals surface area contributed by atoms with Gasteiger partial charge in [-0.15, -0.1) is 0 Å². The predicted octanol–water partition coefficient (Wildman–Crippen LogP) is 2.50. The van der Waals surface area contributed by atoms with Crippen molar-refractivity contribution in [3.05, 3.63) is 23.8 Å². The molecular formula is C12H19NO2. The number of hydrogen-bond acceptors (Lipinski definition) is 3. The van der Waals surface area contributed by atoms with Crippen LogP contribution in [0.4, 0.5) is 0 Å². The molecule has 0 radical (unpaired) electrons. The monoisotopic (exact) mass is 209 g/mol. The van der Waals surface area contributed by atoms with E-state index in [2.05, 4.69) is 6.92 Å². The number of rotatable bonds is 5. The van der Waals surface area contributed by atoms with Crippen molar-refractivity contribution in [3.63, 3.8) is 0 Å². The molecule has 2 N–H and O–H groups in total. The summed E-state index contributed by atoms with van der Waals surface area (Å²) in [7, 11) is 3.30. The molecule has 0 spiro atoms. The highest BCUT2D eigenvalue weighted by Crippen LogP contribution is 2.34. The lowest BCUT2D eigenvalue weighted by Crippen LogP contribution is -2.12. The Kier molecular flexibility index (Phi) is 4.43. The largest absolute Gasteiger partial charge is 0.496 e. The molecule has 1 aromatic rings. The van der Waals surface area contributed by atoms with E-state index in [1.165, 1.54) is 0 Å². The first-order valence-electron chi connectivity index (χ1n) is 5.21. The summed E-state index contributed by atoms with van der Waals surface area (Å²) in [5, 5.41) is 0. The summed E-state index contributed by atoms with van der Waals surface area (Å²) in [6.45, 7) is 2.11. The quantitative estimate of drug-likeness (QED) is 0.810. The highest BCUT2D eigenvalue weighted by Gasteiger charge is 2.16.